The molecule has 9 heteroatoms. The summed E-state index contributed by atoms with van der Waals surface area (Å²) in [5.41, 5.74) is 2.41. The molecule has 0 spiro atoms. The van der Waals surface area contributed by atoms with E-state index in [9.17, 15) is 4.79 Å². The molecule has 0 radical (unpaired) electrons. The van der Waals surface area contributed by atoms with Crippen LogP contribution in [-0.2, 0) is 9.53 Å². The van der Waals surface area contributed by atoms with Crippen molar-refractivity contribution in [1.29, 1.82) is 0 Å². The van der Waals surface area contributed by atoms with E-state index in [1.807, 2.05) is 38.1 Å². The maximum absolute atomic E-state index is 11.7. The molecular formula is C23H25ClN4O4. The van der Waals surface area contributed by atoms with Gasteiger partial charge in [0.15, 0.2) is 0 Å². The molecule has 0 bridgehead atoms. The first kappa shape index (κ1) is 22.1. The second kappa shape index (κ2) is 9.56. The van der Waals surface area contributed by atoms with Crippen LogP contribution >= 0.6 is 11.6 Å². The van der Waals surface area contributed by atoms with Gasteiger partial charge in [0, 0.05) is 23.5 Å². The van der Waals surface area contributed by atoms with Gasteiger partial charge in [0.05, 0.1) is 24.7 Å². The van der Waals surface area contributed by atoms with E-state index < -0.39 is 0 Å². The van der Waals surface area contributed by atoms with E-state index in [2.05, 4.69) is 20.4 Å². The number of hydrogen-bond acceptors (Lipinski definition) is 8. The molecule has 0 unspecified atom stereocenters. The van der Waals surface area contributed by atoms with Crippen LogP contribution < -0.4 is 10.1 Å². The summed E-state index contributed by atoms with van der Waals surface area (Å²) in [5, 5.41) is 7.93. The van der Waals surface area contributed by atoms with Gasteiger partial charge >= 0.3 is 5.97 Å². The number of carbonyl (C=O) groups is 1. The number of ether oxygens (including phenoxy) is 2. The van der Waals surface area contributed by atoms with E-state index in [0.29, 0.717) is 28.2 Å². The summed E-state index contributed by atoms with van der Waals surface area (Å²) in [6.07, 6.45) is 4.13. The largest absolute Gasteiger partial charge is 0.474 e. The van der Waals surface area contributed by atoms with Crippen LogP contribution in [0.2, 0.25) is 5.02 Å². The SMILES string of the molecule is COC(=O)[C@@H]1CC[C@H](Nc2ccc(-c3noc(-c4cnc(OC(C)C)c(Cl)c4)n3)cc2)C1. The van der Waals surface area contributed by atoms with Gasteiger partial charge in [0.2, 0.25) is 11.7 Å². The van der Waals surface area contributed by atoms with Gasteiger partial charge in [-0.15, -0.1) is 0 Å². The van der Waals surface area contributed by atoms with Gasteiger partial charge in [-0.25, -0.2) is 4.98 Å². The van der Waals surface area contributed by atoms with E-state index in [1.54, 1.807) is 12.3 Å². The zero-order valence-electron chi connectivity index (χ0n) is 18.2. The molecule has 2 atom stereocenters. The summed E-state index contributed by atoms with van der Waals surface area (Å²) in [4.78, 5) is 20.4. The number of pyridine rings is 1. The summed E-state index contributed by atoms with van der Waals surface area (Å²) in [5.74, 6) is 1.01. The van der Waals surface area contributed by atoms with E-state index in [1.165, 1.54) is 7.11 Å². The van der Waals surface area contributed by atoms with Crippen LogP contribution in [-0.4, -0.2) is 40.3 Å². The molecule has 2 aromatic heterocycles. The van der Waals surface area contributed by atoms with Gasteiger partial charge in [0.1, 0.15) is 5.02 Å². The molecule has 0 aliphatic heterocycles. The second-order valence-electron chi connectivity index (χ2n) is 8.05. The Hall–Kier alpha value is -3.13. The van der Waals surface area contributed by atoms with Gasteiger partial charge in [-0.2, -0.15) is 4.98 Å². The van der Waals surface area contributed by atoms with Gasteiger partial charge in [-0.3, -0.25) is 4.79 Å². The average molecular weight is 457 g/mol. The van der Waals surface area contributed by atoms with Crippen molar-refractivity contribution < 1.29 is 18.8 Å². The number of halogens is 1. The first-order chi connectivity index (χ1) is 15.4. The first-order valence-electron chi connectivity index (χ1n) is 10.5. The molecule has 3 aromatic rings. The molecule has 1 aliphatic carbocycles. The predicted molar refractivity (Wildman–Crippen MR) is 121 cm³/mol. The third-order valence-corrected chi connectivity index (χ3v) is 5.58. The van der Waals surface area contributed by atoms with E-state index in [4.69, 9.17) is 25.6 Å². The zero-order chi connectivity index (χ0) is 22.7. The van der Waals surface area contributed by atoms with Crippen molar-refractivity contribution in [3.63, 3.8) is 0 Å². The zero-order valence-corrected chi connectivity index (χ0v) is 18.9. The predicted octanol–water partition coefficient (Wildman–Crippen LogP) is 4.99. The van der Waals surface area contributed by atoms with Crippen molar-refractivity contribution in [1.82, 2.24) is 15.1 Å². The Morgan fingerprint density at radius 3 is 2.69 bits per heavy atom. The third kappa shape index (κ3) is 5.02. The van der Waals surface area contributed by atoms with E-state index >= 15 is 0 Å². The number of nitrogens with zero attached hydrogens (tertiary/aromatic N) is 3. The third-order valence-electron chi connectivity index (χ3n) is 5.31. The molecule has 168 valence electrons. The fourth-order valence-corrected chi connectivity index (χ4v) is 3.97. The lowest BCUT2D eigenvalue weighted by Gasteiger charge is -2.14. The second-order valence-corrected chi connectivity index (χ2v) is 8.46. The summed E-state index contributed by atoms with van der Waals surface area (Å²) in [6, 6.07) is 9.73. The molecule has 1 aliphatic rings. The average Bonchev–Trinajstić information content (AvgIpc) is 3.45. The van der Waals surface area contributed by atoms with Crippen LogP contribution in [0.25, 0.3) is 22.8 Å². The number of nitrogens with one attached hydrogen (secondary N) is 1. The van der Waals surface area contributed by atoms with Crippen LogP contribution in [0, 0.1) is 5.92 Å². The number of hydrogen-bond donors (Lipinski definition) is 1. The molecule has 0 saturated heterocycles. The highest BCUT2D eigenvalue weighted by Crippen LogP contribution is 2.31. The summed E-state index contributed by atoms with van der Waals surface area (Å²) < 4.78 is 15.8. The van der Waals surface area contributed by atoms with Gasteiger partial charge < -0.3 is 19.3 Å². The molecule has 4 rings (SSSR count). The monoisotopic (exact) mass is 456 g/mol. The smallest absolute Gasteiger partial charge is 0.308 e. The van der Waals surface area contributed by atoms with E-state index in [0.717, 1.165) is 30.5 Å². The Morgan fingerprint density at radius 1 is 1.22 bits per heavy atom. The standard InChI is InChI=1S/C23H25ClN4O4/c1-13(2)31-22-19(24)11-16(12-25-22)21-27-20(28-32-21)14-4-7-17(8-5-14)26-18-9-6-15(10-18)23(29)30-3/h4-5,7-8,11-13,15,18,26H,6,9-10H2,1-3H3/t15-,18+/m1/s1. The van der Waals surface area contributed by atoms with Gasteiger partial charge in [0.25, 0.3) is 5.89 Å². The number of benzene rings is 1. The maximum atomic E-state index is 11.7. The van der Waals surface area contributed by atoms with Crippen molar-refractivity contribution in [2.75, 3.05) is 12.4 Å². The quantitative estimate of drug-likeness (QED) is 0.496. The van der Waals surface area contributed by atoms with Crippen LogP contribution in [0.5, 0.6) is 5.88 Å². The van der Waals surface area contributed by atoms with Crippen LogP contribution in [0.3, 0.4) is 0 Å². The maximum Gasteiger partial charge on any atom is 0.308 e. The number of anilines is 1. The number of rotatable bonds is 7. The number of aromatic nitrogens is 3. The number of carbonyl (C=O) groups excluding carboxylic acids is 1. The van der Waals surface area contributed by atoms with E-state index in [-0.39, 0.29) is 24.0 Å². The summed E-state index contributed by atoms with van der Waals surface area (Å²) in [7, 11) is 1.44. The van der Waals surface area contributed by atoms with Gasteiger partial charge in [-0.05, 0) is 63.4 Å². The summed E-state index contributed by atoms with van der Waals surface area (Å²) >= 11 is 6.26. The van der Waals surface area contributed by atoms with Crippen LogP contribution in [0.15, 0.2) is 41.1 Å². The first-order valence-corrected chi connectivity index (χ1v) is 10.9. The lowest BCUT2D eigenvalue weighted by atomic mass is 10.1. The molecule has 32 heavy (non-hydrogen) atoms. The minimum absolute atomic E-state index is 0.0245. The lowest BCUT2D eigenvalue weighted by molar-refractivity contribution is -0.145. The minimum atomic E-state index is -0.129. The topological polar surface area (TPSA) is 99.4 Å². The van der Waals surface area contributed by atoms with Crippen molar-refractivity contribution in [3.8, 4) is 28.7 Å². The fraction of sp³-hybridized carbons (Fsp3) is 0.391. The summed E-state index contributed by atoms with van der Waals surface area (Å²) in [6.45, 7) is 3.81. The molecule has 1 saturated carbocycles. The minimum Gasteiger partial charge on any atom is -0.474 e. The van der Waals surface area contributed by atoms with Crippen molar-refractivity contribution in [2.24, 2.45) is 5.92 Å². The normalized spacial score (nSPS) is 18.0. The van der Waals surface area contributed by atoms with Crippen molar-refractivity contribution in [2.45, 2.75) is 45.3 Å². The number of esters is 1. The van der Waals surface area contributed by atoms with Gasteiger partial charge in [-0.1, -0.05) is 16.8 Å². The number of methoxy groups -OCH3 is 1. The van der Waals surface area contributed by atoms with Crippen LogP contribution in [0.4, 0.5) is 5.69 Å². The Bertz CT molecular complexity index is 1080. The Morgan fingerprint density at radius 2 is 2.00 bits per heavy atom. The Kier molecular flexibility index (Phi) is 6.60. The molecule has 0 amide bonds. The molecule has 1 N–H and O–H groups in total. The molecule has 1 aromatic carbocycles. The van der Waals surface area contributed by atoms with Crippen LogP contribution in [0.1, 0.15) is 33.1 Å². The highest BCUT2D eigenvalue weighted by molar-refractivity contribution is 6.32. The highest BCUT2D eigenvalue weighted by Gasteiger charge is 2.30. The van der Waals surface area contributed by atoms with Crippen molar-refractivity contribution >= 4 is 23.3 Å². The molecule has 1 fully saturated rings. The molecule has 8 nitrogen and oxygen atoms in total. The Labute approximate surface area is 191 Å². The molecule has 2 heterocycles. The molecular weight excluding hydrogens is 432 g/mol. The van der Waals surface area contributed by atoms with Crippen molar-refractivity contribution in [3.05, 3.63) is 41.6 Å². The fourth-order valence-electron chi connectivity index (χ4n) is 3.75. The highest BCUT2D eigenvalue weighted by atomic mass is 35.5. The lowest BCUT2D eigenvalue weighted by Crippen LogP contribution is -2.18. The Balaban J connectivity index is 1.41.